The van der Waals surface area contributed by atoms with E-state index in [1.165, 1.54) is 0 Å². The number of halogens is 1. The van der Waals surface area contributed by atoms with Gasteiger partial charge in [0.05, 0.1) is 11.4 Å². The number of hydrogen-bond acceptors (Lipinski definition) is 2. The molecule has 0 aliphatic rings. The van der Waals surface area contributed by atoms with Crippen molar-refractivity contribution < 1.29 is 9.59 Å². The fourth-order valence-corrected chi connectivity index (χ4v) is 1.85. The summed E-state index contributed by atoms with van der Waals surface area (Å²) in [5, 5.41) is 0.786. The summed E-state index contributed by atoms with van der Waals surface area (Å²) in [6, 6.07) is 7.45. The third kappa shape index (κ3) is 1.63. The maximum Gasteiger partial charge on any atom is 0.232 e. The summed E-state index contributed by atoms with van der Waals surface area (Å²) in [6.45, 7) is 0. The van der Waals surface area contributed by atoms with E-state index >= 15 is 0 Å². The number of rotatable bonds is 3. The first kappa shape index (κ1) is 10.9. The molecule has 1 aromatic heterocycles. The Labute approximate surface area is 97.6 Å². The number of carbonyl (C=O) groups excluding carboxylic acids is 2. The van der Waals surface area contributed by atoms with Gasteiger partial charge in [-0.2, -0.15) is 0 Å². The normalized spacial score (nSPS) is 10.6. The highest BCUT2D eigenvalue weighted by atomic mass is 35.5. The Hall–Kier alpha value is -1.61. The van der Waals surface area contributed by atoms with Crippen LogP contribution in [0.3, 0.4) is 0 Å². The quantitative estimate of drug-likeness (QED) is 0.465. The molecule has 2 rings (SSSR count). The number of fused-ring (bicyclic) bond motifs is 1. The zero-order valence-electron chi connectivity index (χ0n) is 8.74. The van der Waals surface area contributed by atoms with E-state index in [4.69, 9.17) is 11.6 Å². The molecule has 0 saturated heterocycles. The maximum atomic E-state index is 11.8. The van der Waals surface area contributed by atoms with Crippen LogP contribution in [0.4, 0.5) is 0 Å². The lowest BCUT2D eigenvalue weighted by molar-refractivity contribution is -0.112. The van der Waals surface area contributed by atoms with Crippen LogP contribution in [0.25, 0.3) is 10.9 Å². The summed E-state index contributed by atoms with van der Waals surface area (Å²) in [7, 11) is 1.84. The van der Waals surface area contributed by atoms with Gasteiger partial charge in [0.2, 0.25) is 11.6 Å². The lowest BCUT2D eigenvalue weighted by Gasteiger charge is -1.94. The van der Waals surface area contributed by atoms with Crippen molar-refractivity contribution in [3.8, 4) is 0 Å². The molecule has 0 saturated carbocycles. The SMILES string of the molecule is Cn1cc(C(=O)C(=O)CCl)c2ccccc21. The van der Waals surface area contributed by atoms with Crippen molar-refractivity contribution in [1.29, 1.82) is 0 Å². The molecular weight excluding hydrogens is 226 g/mol. The zero-order valence-corrected chi connectivity index (χ0v) is 9.49. The van der Waals surface area contributed by atoms with E-state index in [0.717, 1.165) is 10.9 Å². The van der Waals surface area contributed by atoms with Crippen LogP contribution >= 0.6 is 11.6 Å². The van der Waals surface area contributed by atoms with Crippen LogP contribution in [0, 0.1) is 0 Å². The molecule has 0 aliphatic carbocycles. The molecule has 0 bridgehead atoms. The van der Waals surface area contributed by atoms with Crippen molar-refractivity contribution in [3.63, 3.8) is 0 Å². The molecule has 1 aromatic carbocycles. The third-order valence-electron chi connectivity index (χ3n) is 2.52. The average molecular weight is 236 g/mol. The highest BCUT2D eigenvalue weighted by molar-refractivity contribution is 6.52. The number of carbonyl (C=O) groups is 2. The van der Waals surface area contributed by atoms with Crippen molar-refractivity contribution in [2.75, 3.05) is 5.88 Å². The second kappa shape index (κ2) is 4.10. The lowest BCUT2D eigenvalue weighted by atomic mass is 10.1. The van der Waals surface area contributed by atoms with E-state index < -0.39 is 11.6 Å². The molecule has 0 fully saturated rings. The Bertz CT molecular complexity index is 571. The van der Waals surface area contributed by atoms with Gasteiger partial charge in [0, 0.05) is 24.1 Å². The summed E-state index contributed by atoms with van der Waals surface area (Å²) in [6.07, 6.45) is 1.66. The fraction of sp³-hybridized carbons (Fsp3) is 0.167. The van der Waals surface area contributed by atoms with Crippen molar-refractivity contribution in [3.05, 3.63) is 36.0 Å². The number of benzene rings is 1. The molecule has 1 heterocycles. The number of para-hydroxylation sites is 1. The smallest absolute Gasteiger partial charge is 0.232 e. The molecule has 0 unspecified atom stereocenters. The van der Waals surface area contributed by atoms with Gasteiger partial charge in [-0.3, -0.25) is 9.59 Å². The van der Waals surface area contributed by atoms with Crippen molar-refractivity contribution >= 4 is 34.1 Å². The Morgan fingerprint density at radius 3 is 2.69 bits per heavy atom. The second-order valence-corrected chi connectivity index (χ2v) is 3.82. The molecule has 2 aromatic rings. The molecule has 0 radical (unpaired) electrons. The molecule has 0 atom stereocenters. The number of aromatic nitrogens is 1. The second-order valence-electron chi connectivity index (χ2n) is 3.56. The van der Waals surface area contributed by atoms with Gasteiger partial charge in [0.25, 0.3) is 0 Å². The van der Waals surface area contributed by atoms with Crippen LogP contribution in [0.15, 0.2) is 30.5 Å². The van der Waals surface area contributed by atoms with E-state index in [9.17, 15) is 9.59 Å². The van der Waals surface area contributed by atoms with Crippen molar-refractivity contribution in [1.82, 2.24) is 4.57 Å². The number of hydrogen-bond donors (Lipinski definition) is 0. The van der Waals surface area contributed by atoms with E-state index in [0.29, 0.717) is 5.56 Å². The number of nitrogens with zero attached hydrogens (tertiary/aromatic N) is 1. The van der Waals surface area contributed by atoms with Crippen LogP contribution < -0.4 is 0 Å². The highest BCUT2D eigenvalue weighted by Crippen LogP contribution is 2.20. The van der Waals surface area contributed by atoms with Gasteiger partial charge in [-0.25, -0.2) is 0 Å². The molecule has 0 N–H and O–H groups in total. The number of Topliss-reactive ketones (excluding diaryl/α,β-unsaturated/α-hetero) is 2. The first-order valence-electron chi connectivity index (χ1n) is 4.82. The molecular formula is C12H10ClNO2. The molecule has 0 amide bonds. The molecule has 3 nitrogen and oxygen atoms in total. The maximum absolute atomic E-state index is 11.8. The molecule has 16 heavy (non-hydrogen) atoms. The van der Waals surface area contributed by atoms with Gasteiger partial charge in [0.1, 0.15) is 0 Å². The van der Waals surface area contributed by atoms with E-state index in [1.54, 1.807) is 6.20 Å². The largest absolute Gasteiger partial charge is 0.350 e. The number of alkyl halides is 1. The highest BCUT2D eigenvalue weighted by Gasteiger charge is 2.19. The van der Waals surface area contributed by atoms with Crippen LogP contribution in [-0.2, 0) is 11.8 Å². The van der Waals surface area contributed by atoms with Gasteiger partial charge in [-0.05, 0) is 6.07 Å². The lowest BCUT2D eigenvalue weighted by Crippen LogP contribution is -2.14. The van der Waals surface area contributed by atoms with Crippen LogP contribution in [-0.4, -0.2) is 22.0 Å². The molecule has 0 aliphatic heterocycles. The summed E-state index contributed by atoms with van der Waals surface area (Å²) in [5.74, 6) is -1.37. The van der Waals surface area contributed by atoms with E-state index in [-0.39, 0.29) is 5.88 Å². The standard InChI is InChI=1S/C12H10ClNO2/c1-14-7-9(12(16)11(15)6-13)8-4-2-3-5-10(8)14/h2-5,7H,6H2,1H3. The zero-order chi connectivity index (χ0) is 11.7. The topological polar surface area (TPSA) is 39.1 Å². The molecule has 4 heteroatoms. The number of ketones is 2. The third-order valence-corrected chi connectivity index (χ3v) is 2.76. The van der Waals surface area contributed by atoms with Gasteiger partial charge >= 0.3 is 0 Å². The minimum atomic E-state index is -0.571. The Morgan fingerprint density at radius 1 is 1.31 bits per heavy atom. The van der Waals surface area contributed by atoms with Crippen molar-refractivity contribution in [2.45, 2.75) is 0 Å². The first-order valence-corrected chi connectivity index (χ1v) is 5.36. The summed E-state index contributed by atoms with van der Waals surface area (Å²) < 4.78 is 1.82. The van der Waals surface area contributed by atoms with Gasteiger partial charge in [0.15, 0.2) is 0 Å². The van der Waals surface area contributed by atoms with Crippen LogP contribution in [0.1, 0.15) is 10.4 Å². The first-order chi connectivity index (χ1) is 7.65. The summed E-state index contributed by atoms with van der Waals surface area (Å²) >= 11 is 5.38. The van der Waals surface area contributed by atoms with Crippen LogP contribution in [0.2, 0.25) is 0 Å². The number of aryl methyl sites for hydroxylation is 1. The van der Waals surface area contributed by atoms with E-state index in [1.807, 2.05) is 35.9 Å². The molecule has 0 spiro atoms. The Morgan fingerprint density at radius 2 is 2.00 bits per heavy atom. The minimum Gasteiger partial charge on any atom is -0.350 e. The van der Waals surface area contributed by atoms with Crippen LogP contribution in [0.5, 0.6) is 0 Å². The van der Waals surface area contributed by atoms with Gasteiger partial charge in [-0.15, -0.1) is 11.6 Å². The fourth-order valence-electron chi connectivity index (χ4n) is 1.73. The monoisotopic (exact) mass is 235 g/mol. The Balaban J connectivity index is 2.62. The predicted octanol–water partition coefficient (Wildman–Crippen LogP) is 2.17. The summed E-state index contributed by atoms with van der Waals surface area (Å²) in [5.41, 5.74) is 1.34. The van der Waals surface area contributed by atoms with Crippen molar-refractivity contribution in [2.24, 2.45) is 7.05 Å². The van der Waals surface area contributed by atoms with Gasteiger partial charge < -0.3 is 4.57 Å². The summed E-state index contributed by atoms with van der Waals surface area (Å²) in [4.78, 5) is 23.0. The minimum absolute atomic E-state index is 0.276. The molecule has 82 valence electrons. The van der Waals surface area contributed by atoms with E-state index in [2.05, 4.69) is 0 Å². The average Bonchev–Trinajstić information content (AvgIpc) is 2.65. The predicted molar refractivity (Wildman–Crippen MR) is 63.0 cm³/mol. The Kier molecular flexibility index (Phi) is 2.79. The van der Waals surface area contributed by atoms with Gasteiger partial charge in [-0.1, -0.05) is 18.2 Å².